The SMILES string of the molecule is CC1CN(S(=O)(=O)c2ccc(C(=O)NC(C)C(C)C(=O)O)cc2)CC(C)O1. The first-order valence-corrected chi connectivity index (χ1v) is 10.3. The number of nitrogens with one attached hydrogen (secondary N) is 1. The van der Waals surface area contributed by atoms with Gasteiger partial charge in [0, 0.05) is 24.7 Å². The third-order valence-corrected chi connectivity index (χ3v) is 6.48. The third-order valence-electron chi connectivity index (χ3n) is 4.64. The Balaban J connectivity index is 2.12. The smallest absolute Gasteiger partial charge is 0.308 e. The Morgan fingerprint density at radius 2 is 1.67 bits per heavy atom. The van der Waals surface area contributed by atoms with E-state index in [1.54, 1.807) is 6.92 Å². The van der Waals surface area contributed by atoms with Gasteiger partial charge >= 0.3 is 5.97 Å². The number of morpholine rings is 1. The molecule has 0 aliphatic carbocycles. The zero-order valence-corrected chi connectivity index (χ0v) is 16.7. The molecule has 0 aromatic heterocycles. The molecule has 0 bridgehead atoms. The standard InChI is InChI=1S/C18H26N2O6S/c1-11-9-20(10-12(2)26-11)27(24,25)16-7-5-15(6-8-16)17(21)19-14(4)13(3)18(22)23/h5-8,11-14H,9-10H2,1-4H3,(H,19,21)(H,22,23). The van der Waals surface area contributed by atoms with E-state index in [4.69, 9.17) is 9.84 Å². The van der Waals surface area contributed by atoms with Crippen LogP contribution in [0.4, 0.5) is 0 Å². The molecule has 2 N–H and O–H groups in total. The van der Waals surface area contributed by atoms with Gasteiger partial charge in [-0.3, -0.25) is 9.59 Å². The molecule has 0 spiro atoms. The summed E-state index contributed by atoms with van der Waals surface area (Å²) in [5.41, 5.74) is 0.266. The lowest BCUT2D eigenvalue weighted by molar-refractivity contribution is -0.141. The summed E-state index contributed by atoms with van der Waals surface area (Å²) in [6, 6.07) is 5.07. The molecule has 1 aliphatic heterocycles. The second kappa shape index (κ2) is 8.37. The number of benzene rings is 1. The first-order chi connectivity index (χ1) is 12.5. The molecule has 0 radical (unpaired) electrons. The van der Waals surface area contributed by atoms with Gasteiger partial charge in [0.1, 0.15) is 0 Å². The van der Waals surface area contributed by atoms with Crippen molar-refractivity contribution >= 4 is 21.9 Å². The Labute approximate surface area is 159 Å². The monoisotopic (exact) mass is 398 g/mol. The zero-order chi connectivity index (χ0) is 20.4. The van der Waals surface area contributed by atoms with Gasteiger partial charge in [0.25, 0.3) is 5.91 Å². The maximum absolute atomic E-state index is 12.8. The molecule has 1 heterocycles. The fraction of sp³-hybridized carbons (Fsp3) is 0.556. The third kappa shape index (κ3) is 5.06. The first kappa shape index (κ1) is 21.3. The summed E-state index contributed by atoms with van der Waals surface area (Å²) in [5, 5.41) is 11.6. The van der Waals surface area contributed by atoms with Crippen LogP contribution in [0.5, 0.6) is 0 Å². The number of rotatable bonds is 6. The van der Waals surface area contributed by atoms with Crippen LogP contribution in [0.3, 0.4) is 0 Å². The average molecular weight is 398 g/mol. The number of aliphatic carboxylic acids is 1. The molecular weight excluding hydrogens is 372 g/mol. The molecule has 4 atom stereocenters. The van der Waals surface area contributed by atoms with Crippen molar-refractivity contribution in [1.82, 2.24) is 9.62 Å². The number of amides is 1. The lowest BCUT2D eigenvalue weighted by atomic mass is 10.0. The molecule has 1 aliphatic rings. The summed E-state index contributed by atoms with van der Waals surface area (Å²) in [5.74, 6) is -2.19. The van der Waals surface area contributed by atoms with E-state index in [-0.39, 0.29) is 35.8 Å². The summed E-state index contributed by atoms with van der Waals surface area (Å²) < 4.78 is 32.6. The van der Waals surface area contributed by atoms with Crippen molar-refractivity contribution in [2.45, 2.75) is 50.8 Å². The van der Waals surface area contributed by atoms with Crippen LogP contribution in [0.1, 0.15) is 38.1 Å². The summed E-state index contributed by atoms with van der Waals surface area (Å²) >= 11 is 0. The minimum absolute atomic E-state index is 0.104. The van der Waals surface area contributed by atoms with E-state index in [2.05, 4.69) is 5.32 Å². The van der Waals surface area contributed by atoms with Crippen LogP contribution in [-0.4, -0.2) is 61.0 Å². The van der Waals surface area contributed by atoms with Gasteiger partial charge < -0.3 is 15.2 Å². The van der Waals surface area contributed by atoms with Gasteiger partial charge in [-0.05, 0) is 52.0 Å². The topological polar surface area (TPSA) is 113 Å². The molecule has 1 aromatic rings. The van der Waals surface area contributed by atoms with Crippen LogP contribution in [-0.2, 0) is 19.6 Å². The van der Waals surface area contributed by atoms with Crippen molar-refractivity contribution in [3.05, 3.63) is 29.8 Å². The number of carbonyl (C=O) groups excluding carboxylic acids is 1. The summed E-state index contributed by atoms with van der Waals surface area (Å²) in [6.45, 7) is 7.32. The van der Waals surface area contributed by atoms with E-state index in [1.807, 2.05) is 13.8 Å². The number of sulfonamides is 1. The van der Waals surface area contributed by atoms with Gasteiger partial charge in [-0.1, -0.05) is 0 Å². The fourth-order valence-electron chi connectivity index (χ4n) is 2.88. The van der Waals surface area contributed by atoms with Crippen LogP contribution in [0.2, 0.25) is 0 Å². The highest BCUT2D eigenvalue weighted by Gasteiger charge is 2.32. The van der Waals surface area contributed by atoms with Crippen LogP contribution in [0.25, 0.3) is 0 Å². The summed E-state index contributed by atoms with van der Waals surface area (Å²) in [7, 11) is -3.67. The van der Waals surface area contributed by atoms with Crippen molar-refractivity contribution < 1.29 is 27.9 Å². The lowest BCUT2D eigenvalue weighted by Gasteiger charge is -2.34. The number of hydrogen-bond acceptors (Lipinski definition) is 5. The van der Waals surface area contributed by atoms with E-state index < -0.39 is 33.9 Å². The van der Waals surface area contributed by atoms with Crippen molar-refractivity contribution in [1.29, 1.82) is 0 Å². The molecule has 2 rings (SSSR count). The lowest BCUT2D eigenvalue weighted by Crippen LogP contribution is -2.48. The van der Waals surface area contributed by atoms with Gasteiger partial charge in [-0.15, -0.1) is 0 Å². The van der Waals surface area contributed by atoms with Gasteiger partial charge in [0.2, 0.25) is 10.0 Å². The van der Waals surface area contributed by atoms with E-state index in [1.165, 1.54) is 35.5 Å². The molecule has 1 amide bonds. The van der Waals surface area contributed by atoms with Gasteiger partial charge in [0.05, 0.1) is 23.0 Å². The van der Waals surface area contributed by atoms with Crippen LogP contribution in [0, 0.1) is 5.92 Å². The molecule has 4 unspecified atom stereocenters. The summed E-state index contributed by atoms with van der Waals surface area (Å²) in [6.07, 6.45) is -0.377. The van der Waals surface area contributed by atoms with E-state index >= 15 is 0 Å². The van der Waals surface area contributed by atoms with E-state index in [0.717, 1.165) is 0 Å². The number of carbonyl (C=O) groups is 2. The van der Waals surface area contributed by atoms with Crippen molar-refractivity contribution in [2.75, 3.05) is 13.1 Å². The predicted molar refractivity (Wildman–Crippen MR) is 98.9 cm³/mol. The van der Waals surface area contributed by atoms with Crippen LogP contribution < -0.4 is 5.32 Å². The molecule has 150 valence electrons. The van der Waals surface area contributed by atoms with Gasteiger partial charge in [0.15, 0.2) is 0 Å². The molecule has 1 fully saturated rings. The second-order valence-corrected chi connectivity index (χ2v) is 8.93. The normalized spacial score (nSPS) is 23.4. The minimum atomic E-state index is -3.67. The molecule has 1 aromatic carbocycles. The Bertz CT molecular complexity index is 783. The summed E-state index contributed by atoms with van der Waals surface area (Å²) in [4.78, 5) is 23.3. The number of carboxylic acids is 1. The molecule has 8 nitrogen and oxygen atoms in total. The second-order valence-electron chi connectivity index (χ2n) is 6.99. The highest BCUT2D eigenvalue weighted by molar-refractivity contribution is 7.89. The quantitative estimate of drug-likeness (QED) is 0.747. The molecule has 1 saturated heterocycles. The average Bonchev–Trinajstić information content (AvgIpc) is 2.60. The highest BCUT2D eigenvalue weighted by Crippen LogP contribution is 2.21. The van der Waals surface area contributed by atoms with Crippen LogP contribution >= 0.6 is 0 Å². The largest absolute Gasteiger partial charge is 0.481 e. The molecule has 27 heavy (non-hydrogen) atoms. The van der Waals surface area contributed by atoms with E-state index in [9.17, 15) is 18.0 Å². The Kier molecular flexibility index (Phi) is 6.61. The first-order valence-electron chi connectivity index (χ1n) is 8.81. The van der Waals surface area contributed by atoms with Crippen LogP contribution in [0.15, 0.2) is 29.2 Å². The Morgan fingerprint density at radius 1 is 1.15 bits per heavy atom. The minimum Gasteiger partial charge on any atom is -0.481 e. The van der Waals surface area contributed by atoms with E-state index in [0.29, 0.717) is 0 Å². The molecule has 0 saturated carbocycles. The fourth-order valence-corrected chi connectivity index (χ4v) is 4.47. The van der Waals surface area contributed by atoms with Gasteiger partial charge in [-0.25, -0.2) is 8.42 Å². The predicted octanol–water partition coefficient (Wildman–Crippen LogP) is 1.32. The van der Waals surface area contributed by atoms with Gasteiger partial charge in [-0.2, -0.15) is 4.31 Å². The Morgan fingerprint density at radius 3 is 2.15 bits per heavy atom. The number of nitrogens with zero attached hydrogens (tertiary/aromatic N) is 1. The maximum atomic E-state index is 12.8. The Hall–Kier alpha value is -1.97. The number of ether oxygens (including phenoxy) is 1. The highest BCUT2D eigenvalue weighted by atomic mass is 32.2. The maximum Gasteiger partial charge on any atom is 0.308 e. The molecule has 9 heteroatoms. The number of carboxylic acid groups (broad SMARTS) is 1. The molecular formula is C18H26N2O6S. The zero-order valence-electron chi connectivity index (χ0n) is 15.9. The van der Waals surface area contributed by atoms with Crippen molar-refractivity contribution in [3.8, 4) is 0 Å². The van der Waals surface area contributed by atoms with Crippen molar-refractivity contribution in [2.24, 2.45) is 5.92 Å². The van der Waals surface area contributed by atoms with Crippen molar-refractivity contribution in [3.63, 3.8) is 0 Å². The number of hydrogen-bond donors (Lipinski definition) is 2.